The molecular formula is C21H32N2O2. The number of amides is 2. The van der Waals surface area contributed by atoms with Crippen molar-refractivity contribution in [1.82, 2.24) is 10.2 Å². The van der Waals surface area contributed by atoms with E-state index in [4.69, 9.17) is 0 Å². The first-order valence-corrected chi connectivity index (χ1v) is 10.1. The van der Waals surface area contributed by atoms with Crippen molar-refractivity contribution in [1.29, 1.82) is 0 Å². The molecule has 4 heteroatoms. The van der Waals surface area contributed by atoms with Crippen molar-refractivity contribution in [3.63, 3.8) is 0 Å². The van der Waals surface area contributed by atoms with Crippen LogP contribution < -0.4 is 5.32 Å². The van der Waals surface area contributed by atoms with Crippen molar-refractivity contribution >= 4 is 11.8 Å². The quantitative estimate of drug-likeness (QED) is 0.715. The monoisotopic (exact) mass is 344 g/mol. The molecule has 0 aromatic rings. The van der Waals surface area contributed by atoms with Crippen LogP contribution in [0.2, 0.25) is 0 Å². The van der Waals surface area contributed by atoms with Gasteiger partial charge in [-0.15, -0.1) is 0 Å². The Kier molecular flexibility index (Phi) is 6.71. The van der Waals surface area contributed by atoms with E-state index in [1.165, 1.54) is 62.5 Å². The molecule has 3 aliphatic rings. The molecule has 0 spiro atoms. The van der Waals surface area contributed by atoms with Crippen molar-refractivity contribution in [3.8, 4) is 0 Å². The van der Waals surface area contributed by atoms with Gasteiger partial charge >= 0.3 is 0 Å². The van der Waals surface area contributed by atoms with Crippen LogP contribution in [0.25, 0.3) is 0 Å². The Hall–Kier alpha value is -1.58. The predicted octanol–water partition coefficient (Wildman–Crippen LogP) is 3.73. The van der Waals surface area contributed by atoms with Crippen LogP contribution >= 0.6 is 0 Å². The molecule has 0 aromatic heterocycles. The maximum Gasteiger partial charge on any atom is 0.225 e. The summed E-state index contributed by atoms with van der Waals surface area (Å²) in [4.78, 5) is 26.5. The predicted molar refractivity (Wildman–Crippen MR) is 100 cm³/mol. The maximum absolute atomic E-state index is 12.4. The fraction of sp³-hybridized carbons (Fsp3) is 0.714. The van der Waals surface area contributed by atoms with Gasteiger partial charge in [-0.2, -0.15) is 0 Å². The summed E-state index contributed by atoms with van der Waals surface area (Å²) in [6.07, 6.45) is 16.9. The first kappa shape index (κ1) is 18.2. The fourth-order valence-corrected chi connectivity index (χ4v) is 4.20. The minimum absolute atomic E-state index is 0.0594. The number of carbonyl (C=O) groups excluding carboxylic acids is 2. The third kappa shape index (κ3) is 5.45. The van der Waals surface area contributed by atoms with Gasteiger partial charge in [0.25, 0.3) is 0 Å². The number of rotatable bonds is 7. The zero-order chi connectivity index (χ0) is 17.5. The van der Waals surface area contributed by atoms with Crippen molar-refractivity contribution in [2.24, 2.45) is 5.92 Å². The lowest BCUT2D eigenvalue weighted by molar-refractivity contribution is -0.129. The Morgan fingerprint density at radius 3 is 2.36 bits per heavy atom. The largest absolute Gasteiger partial charge is 0.355 e. The van der Waals surface area contributed by atoms with Gasteiger partial charge in [0.05, 0.1) is 5.92 Å². The molecule has 1 heterocycles. The van der Waals surface area contributed by atoms with E-state index in [2.05, 4.69) is 17.5 Å². The number of nitrogens with one attached hydrogen (secondary N) is 1. The highest BCUT2D eigenvalue weighted by Gasteiger charge is 2.33. The molecule has 1 atom stereocenters. The van der Waals surface area contributed by atoms with Gasteiger partial charge in [0.2, 0.25) is 11.8 Å². The molecule has 0 saturated carbocycles. The number of likely N-dealkylation sites (tertiary alicyclic amines) is 1. The molecule has 1 saturated heterocycles. The fourth-order valence-electron chi connectivity index (χ4n) is 4.20. The van der Waals surface area contributed by atoms with Crippen LogP contribution in [-0.4, -0.2) is 36.3 Å². The molecule has 2 aliphatic carbocycles. The molecule has 3 rings (SSSR count). The Bertz CT molecular complexity index is 550. The molecule has 0 aromatic carbocycles. The third-order valence-corrected chi connectivity index (χ3v) is 5.80. The second-order valence-corrected chi connectivity index (χ2v) is 7.75. The van der Waals surface area contributed by atoms with E-state index in [1.54, 1.807) is 0 Å². The number of hydrogen-bond acceptors (Lipinski definition) is 2. The van der Waals surface area contributed by atoms with Crippen LogP contribution in [0.4, 0.5) is 0 Å². The Morgan fingerprint density at radius 1 is 1.04 bits per heavy atom. The number of allylic oxidation sites excluding steroid dienone is 2. The van der Waals surface area contributed by atoms with Gasteiger partial charge in [0.15, 0.2) is 0 Å². The van der Waals surface area contributed by atoms with Gasteiger partial charge in [-0.1, -0.05) is 23.3 Å². The first-order valence-electron chi connectivity index (χ1n) is 10.1. The summed E-state index contributed by atoms with van der Waals surface area (Å²) in [6.45, 7) is 2.09. The average Bonchev–Trinajstić information content (AvgIpc) is 3.02. The van der Waals surface area contributed by atoms with E-state index in [0.717, 1.165) is 19.4 Å². The highest BCUT2D eigenvalue weighted by molar-refractivity contribution is 5.89. The van der Waals surface area contributed by atoms with E-state index in [1.807, 2.05) is 4.90 Å². The van der Waals surface area contributed by atoms with Crippen molar-refractivity contribution in [2.45, 2.75) is 70.6 Å². The minimum Gasteiger partial charge on any atom is -0.355 e. The van der Waals surface area contributed by atoms with Crippen LogP contribution in [0.3, 0.4) is 0 Å². The average molecular weight is 344 g/mol. The van der Waals surface area contributed by atoms with Gasteiger partial charge in [0, 0.05) is 26.1 Å². The molecule has 1 unspecified atom stereocenters. The van der Waals surface area contributed by atoms with Gasteiger partial charge in [-0.3, -0.25) is 9.59 Å². The normalized spacial score (nSPS) is 24.1. The lowest BCUT2D eigenvalue weighted by Crippen LogP contribution is -2.34. The van der Waals surface area contributed by atoms with Gasteiger partial charge in [-0.25, -0.2) is 0 Å². The summed E-state index contributed by atoms with van der Waals surface area (Å²) in [7, 11) is 0. The van der Waals surface area contributed by atoms with Crippen LogP contribution in [0, 0.1) is 5.92 Å². The second kappa shape index (κ2) is 9.21. The van der Waals surface area contributed by atoms with Gasteiger partial charge in [-0.05, 0) is 64.2 Å². The molecule has 2 amide bonds. The summed E-state index contributed by atoms with van der Waals surface area (Å²) in [6, 6.07) is 0. The lowest BCUT2D eigenvalue weighted by Gasteiger charge is -2.19. The summed E-state index contributed by atoms with van der Waals surface area (Å²) >= 11 is 0. The van der Waals surface area contributed by atoms with Crippen molar-refractivity contribution in [3.05, 3.63) is 23.3 Å². The van der Waals surface area contributed by atoms with Crippen molar-refractivity contribution in [2.75, 3.05) is 19.6 Å². The molecule has 1 fully saturated rings. The molecule has 1 N–H and O–H groups in total. The van der Waals surface area contributed by atoms with Crippen LogP contribution in [0.1, 0.15) is 70.6 Å². The van der Waals surface area contributed by atoms with Gasteiger partial charge in [0.1, 0.15) is 0 Å². The first-order chi connectivity index (χ1) is 12.2. The van der Waals surface area contributed by atoms with Crippen LogP contribution in [0.15, 0.2) is 23.3 Å². The molecule has 0 bridgehead atoms. The molecular weight excluding hydrogens is 312 g/mol. The lowest BCUT2D eigenvalue weighted by atomic mass is 9.97. The Balaban J connectivity index is 1.37. The highest BCUT2D eigenvalue weighted by Crippen LogP contribution is 2.24. The smallest absolute Gasteiger partial charge is 0.225 e. The van der Waals surface area contributed by atoms with E-state index in [0.29, 0.717) is 19.5 Å². The topological polar surface area (TPSA) is 49.4 Å². The standard InChI is InChI=1S/C21H32N2O2/c24-20-15-19(16-23(20)14-12-18-9-5-2-6-10-18)21(25)22-13-11-17-7-3-1-4-8-17/h7,9,19H,1-6,8,10-16H2,(H,22,25). The Morgan fingerprint density at radius 2 is 1.72 bits per heavy atom. The SMILES string of the molecule is O=C(NCCC1=CCCCC1)C1CC(=O)N(CCC2=CCCCC2)C1. The van der Waals surface area contributed by atoms with E-state index in [9.17, 15) is 9.59 Å². The summed E-state index contributed by atoms with van der Waals surface area (Å²) < 4.78 is 0. The van der Waals surface area contributed by atoms with E-state index >= 15 is 0 Å². The number of nitrogens with zero attached hydrogens (tertiary/aromatic N) is 1. The molecule has 0 radical (unpaired) electrons. The zero-order valence-corrected chi connectivity index (χ0v) is 15.4. The molecule has 25 heavy (non-hydrogen) atoms. The summed E-state index contributed by atoms with van der Waals surface area (Å²) in [5, 5.41) is 3.05. The maximum atomic E-state index is 12.4. The van der Waals surface area contributed by atoms with E-state index in [-0.39, 0.29) is 17.7 Å². The molecule has 138 valence electrons. The zero-order valence-electron chi connectivity index (χ0n) is 15.4. The summed E-state index contributed by atoms with van der Waals surface area (Å²) in [5.41, 5.74) is 2.98. The molecule has 1 aliphatic heterocycles. The second-order valence-electron chi connectivity index (χ2n) is 7.75. The Labute approximate surface area is 151 Å². The number of hydrogen-bond donors (Lipinski definition) is 1. The summed E-state index contributed by atoms with van der Waals surface area (Å²) in [5.74, 6) is 0.0452. The van der Waals surface area contributed by atoms with Crippen LogP contribution in [-0.2, 0) is 9.59 Å². The van der Waals surface area contributed by atoms with E-state index < -0.39 is 0 Å². The molecule has 4 nitrogen and oxygen atoms in total. The minimum atomic E-state index is -0.159. The van der Waals surface area contributed by atoms with Crippen molar-refractivity contribution < 1.29 is 9.59 Å². The third-order valence-electron chi connectivity index (χ3n) is 5.80. The number of carbonyl (C=O) groups is 2. The van der Waals surface area contributed by atoms with Gasteiger partial charge < -0.3 is 10.2 Å². The van der Waals surface area contributed by atoms with Crippen LogP contribution in [0.5, 0.6) is 0 Å². The highest BCUT2D eigenvalue weighted by atomic mass is 16.2.